The molecule has 0 fully saturated rings. The minimum Gasteiger partial charge on any atom is -0.364 e. The molecule has 0 aromatic rings. The van der Waals surface area contributed by atoms with Crippen LogP contribution in [0.2, 0.25) is 0 Å². The Hall–Kier alpha value is 0.430. The zero-order valence-electron chi connectivity index (χ0n) is 3.93. The molecule has 1 aliphatic heterocycles. The lowest BCUT2D eigenvalue weighted by molar-refractivity contribution is 0.144. The number of hydrogen-bond acceptors (Lipinski definition) is 1. The zero-order valence-corrected chi connectivity index (χ0v) is 6.09. The van der Waals surface area contributed by atoms with E-state index in [2.05, 4.69) is 34.7 Å². The summed E-state index contributed by atoms with van der Waals surface area (Å²) in [7, 11) is 0. The maximum atomic E-state index is 5.18. The van der Waals surface area contributed by atoms with Gasteiger partial charge in [0, 0.05) is 6.42 Å². The fourth-order valence-corrected chi connectivity index (χ4v) is 1.00. The van der Waals surface area contributed by atoms with E-state index in [9.17, 15) is 0 Å². The number of halogens is 1. The number of alkyl halides is 1. The Morgan fingerprint density at radius 3 is 2.71 bits per heavy atom. The fraction of sp³-hybridized carbons (Fsp3) is 0.600. The summed E-state index contributed by atoms with van der Waals surface area (Å²) >= 11 is 2.28. The monoisotopic (exact) mass is 210 g/mol. The van der Waals surface area contributed by atoms with Gasteiger partial charge < -0.3 is 4.74 Å². The minimum atomic E-state index is 0.419. The summed E-state index contributed by atoms with van der Waals surface area (Å²) in [6.45, 7) is 0.799. The van der Waals surface area contributed by atoms with E-state index in [1.807, 2.05) is 0 Å². The molecule has 1 unspecified atom stereocenters. The smallest absolute Gasteiger partial charge is 0.112 e. The highest BCUT2D eigenvalue weighted by atomic mass is 127. The summed E-state index contributed by atoms with van der Waals surface area (Å²) in [6, 6.07) is 0. The summed E-state index contributed by atoms with van der Waals surface area (Å²) < 4.78 is 5.60. The number of rotatable bonds is 0. The Balaban J connectivity index is 2.32. The molecule has 0 radical (unpaired) electrons. The molecule has 1 aliphatic rings. The van der Waals surface area contributed by atoms with Crippen LogP contribution in [0.25, 0.3) is 0 Å². The Kier molecular flexibility index (Phi) is 2.12. The highest BCUT2D eigenvalue weighted by Crippen LogP contribution is 2.11. The van der Waals surface area contributed by atoms with Crippen molar-refractivity contribution in [2.45, 2.75) is 10.5 Å². The van der Waals surface area contributed by atoms with Gasteiger partial charge in [-0.1, -0.05) is 34.7 Å². The molecule has 0 saturated carbocycles. The van der Waals surface area contributed by atoms with E-state index >= 15 is 0 Å². The van der Waals surface area contributed by atoms with Crippen LogP contribution in [0, 0.1) is 0 Å². The number of hydrogen-bond donors (Lipinski definition) is 0. The molecule has 2 heteroatoms. The lowest BCUT2D eigenvalue weighted by Gasteiger charge is -2.10. The molecule has 7 heavy (non-hydrogen) atoms. The molecule has 0 N–H and O–H groups in total. The lowest BCUT2D eigenvalue weighted by atomic mass is 10.3. The van der Waals surface area contributed by atoms with Crippen molar-refractivity contribution < 1.29 is 4.74 Å². The maximum Gasteiger partial charge on any atom is 0.112 e. The van der Waals surface area contributed by atoms with Crippen molar-refractivity contribution in [2.24, 2.45) is 0 Å². The largest absolute Gasteiger partial charge is 0.364 e. The van der Waals surface area contributed by atoms with Crippen LogP contribution in [-0.4, -0.2) is 10.7 Å². The number of ether oxygens (including phenoxy) is 1. The molecule has 0 amide bonds. The van der Waals surface area contributed by atoms with E-state index in [1.165, 1.54) is 0 Å². The van der Waals surface area contributed by atoms with Crippen LogP contribution in [0.1, 0.15) is 6.42 Å². The van der Waals surface area contributed by atoms with Gasteiger partial charge >= 0.3 is 0 Å². The third-order valence-corrected chi connectivity index (χ3v) is 1.73. The summed E-state index contributed by atoms with van der Waals surface area (Å²) in [5.41, 5.74) is 0. The second-order valence-corrected chi connectivity index (χ2v) is 2.84. The topological polar surface area (TPSA) is 9.23 Å². The molecule has 0 aliphatic carbocycles. The van der Waals surface area contributed by atoms with E-state index in [0.29, 0.717) is 4.11 Å². The Morgan fingerprint density at radius 1 is 1.57 bits per heavy atom. The van der Waals surface area contributed by atoms with Crippen molar-refractivity contribution in [1.82, 2.24) is 0 Å². The van der Waals surface area contributed by atoms with Gasteiger partial charge in [0.05, 0.1) is 6.61 Å². The summed E-state index contributed by atoms with van der Waals surface area (Å²) in [5.74, 6) is 0. The van der Waals surface area contributed by atoms with Gasteiger partial charge in [-0.05, 0) is 0 Å². The summed E-state index contributed by atoms with van der Waals surface area (Å²) in [4.78, 5) is 0. The van der Waals surface area contributed by atoms with E-state index in [-0.39, 0.29) is 0 Å². The molecular weight excluding hydrogens is 203 g/mol. The Morgan fingerprint density at radius 2 is 2.43 bits per heavy atom. The van der Waals surface area contributed by atoms with Gasteiger partial charge in [-0.15, -0.1) is 0 Å². The first-order valence-electron chi connectivity index (χ1n) is 2.30. The van der Waals surface area contributed by atoms with Crippen molar-refractivity contribution in [3.8, 4) is 0 Å². The zero-order chi connectivity index (χ0) is 5.11. The first-order chi connectivity index (χ1) is 3.39. The van der Waals surface area contributed by atoms with Gasteiger partial charge in [-0.3, -0.25) is 0 Å². The molecule has 0 aromatic carbocycles. The second kappa shape index (κ2) is 2.67. The predicted octanol–water partition coefficient (Wildman–Crippen LogP) is 1.72. The average molecular weight is 210 g/mol. The van der Waals surface area contributed by atoms with Gasteiger partial charge in [-0.25, -0.2) is 0 Å². The molecule has 0 saturated heterocycles. The standard InChI is InChI=1S/C5H7IO/c6-5-3-1-2-4-7-5/h1-2,5H,3-4H2. The second-order valence-electron chi connectivity index (χ2n) is 1.45. The fourth-order valence-electron chi connectivity index (χ4n) is 0.499. The van der Waals surface area contributed by atoms with Crippen LogP contribution < -0.4 is 0 Å². The highest BCUT2D eigenvalue weighted by molar-refractivity contribution is 14.1. The summed E-state index contributed by atoms with van der Waals surface area (Å²) in [6.07, 6.45) is 5.27. The Bertz CT molecular complexity index is 80.1. The SMILES string of the molecule is IC1CC=CCO1. The quantitative estimate of drug-likeness (QED) is 0.336. The van der Waals surface area contributed by atoms with Crippen LogP contribution in [-0.2, 0) is 4.74 Å². The molecule has 40 valence electrons. The van der Waals surface area contributed by atoms with Crippen LogP contribution in [0.5, 0.6) is 0 Å². The van der Waals surface area contributed by atoms with Crippen LogP contribution in [0.3, 0.4) is 0 Å². The minimum absolute atomic E-state index is 0.419. The van der Waals surface area contributed by atoms with E-state index in [0.717, 1.165) is 13.0 Å². The lowest BCUT2D eigenvalue weighted by Crippen LogP contribution is -2.06. The van der Waals surface area contributed by atoms with Crippen LogP contribution in [0.4, 0.5) is 0 Å². The predicted molar refractivity (Wildman–Crippen MR) is 37.5 cm³/mol. The van der Waals surface area contributed by atoms with Gasteiger partial charge in [0.15, 0.2) is 0 Å². The van der Waals surface area contributed by atoms with Crippen molar-refractivity contribution >= 4 is 22.6 Å². The van der Waals surface area contributed by atoms with E-state index < -0.39 is 0 Å². The molecule has 1 nitrogen and oxygen atoms in total. The van der Waals surface area contributed by atoms with Crippen LogP contribution >= 0.6 is 22.6 Å². The molecule has 1 rings (SSSR count). The molecular formula is C5H7IO. The van der Waals surface area contributed by atoms with Gasteiger partial charge in [-0.2, -0.15) is 0 Å². The van der Waals surface area contributed by atoms with Gasteiger partial charge in [0.2, 0.25) is 0 Å². The third kappa shape index (κ3) is 1.78. The normalized spacial score (nSPS) is 30.7. The van der Waals surface area contributed by atoms with Crippen molar-refractivity contribution in [2.75, 3.05) is 6.61 Å². The van der Waals surface area contributed by atoms with E-state index in [1.54, 1.807) is 0 Å². The maximum absolute atomic E-state index is 5.18. The first-order valence-corrected chi connectivity index (χ1v) is 3.55. The Labute approximate surface area is 56.9 Å². The summed E-state index contributed by atoms with van der Waals surface area (Å²) in [5, 5.41) is 0. The molecule has 1 heterocycles. The van der Waals surface area contributed by atoms with E-state index in [4.69, 9.17) is 4.74 Å². The molecule has 0 bridgehead atoms. The van der Waals surface area contributed by atoms with Crippen molar-refractivity contribution in [3.05, 3.63) is 12.2 Å². The van der Waals surface area contributed by atoms with Crippen molar-refractivity contribution in [1.29, 1.82) is 0 Å². The van der Waals surface area contributed by atoms with Gasteiger partial charge in [0.1, 0.15) is 4.11 Å². The van der Waals surface area contributed by atoms with Crippen LogP contribution in [0.15, 0.2) is 12.2 Å². The van der Waals surface area contributed by atoms with Crippen molar-refractivity contribution in [3.63, 3.8) is 0 Å². The molecule has 0 aromatic heterocycles. The first kappa shape index (κ1) is 5.56. The average Bonchev–Trinajstić information content (AvgIpc) is 1.69. The highest BCUT2D eigenvalue weighted by Gasteiger charge is 2.01. The molecule has 0 spiro atoms. The van der Waals surface area contributed by atoms with Gasteiger partial charge in [0.25, 0.3) is 0 Å². The third-order valence-electron chi connectivity index (χ3n) is 0.861. The molecule has 1 atom stereocenters.